The summed E-state index contributed by atoms with van der Waals surface area (Å²) in [7, 11) is 1.67. The molecule has 0 aliphatic rings. The highest BCUT2D eigenvalue weighted by Gasteiger charge is 2.03. The SMILES string of the molecule is COc1ccc(Br)c(COCc2cccs2)c1. The van der Waals surface area contributed by atoms with E-state index in [0.717, 1.165) is 15.8 Å². The van der Waals surface area contributed by atoms with Crippen LogP contribution in [0, 0.1) is 0 Å². The van der Waals surface area contributed by atoms with E-state index in [0.29, 0.717) is 13.2 Å². The fourth-order valence-electron chi connectivity index (χ4n) is 1.44. The summed E-state index contributed by atoms with van der Waals surface area (Å²) in [6.45, 7) is 1.23. The second-order valence-electron chi connectivity index (χ2n) is 3.53. The van der Waals surface area contributed by atoms with Gasteiger partial charge >= 0.3 is 0 Å². The number of methoxy groups -OCH3 is 1. The molecule has 0 aliphatic heterocycles. The van der Waals surface area contributed by atoms with E-state index < -0.39 is 0 Å². The van der Waals surface area contributed by atoms with Gasteiger partial charge < -0.3 is 9.47 Å². The first kappa shape index (κ1) is 12.6. The summed E-state index contributed by atoms with van der Waals surface area (Å²) < 4.78 is 11.9. The van der Waals surface area contributed by atoms with Gasteiger partial charge in [-0.25, -0.2) is 0 Å². The van der Waals surface area contributed by atoms with E-state index in [9.17, 15) is 0 Å². The molecule has 1 aromatic carbocycles. The van der Waals surface area contributed by atoms with Crippen LogP contribution in [-0.2, 0) is 18.0 Å². The first-order valence-electron chi connectivity index (χ1n) is 5.22. The lowest BCUT2D eigenvalue weighted by atomic mass is 10.2. The van der Waals surface area contributed by atoms with Crippen LogP contribution in [-0.4, -0.2) is 7.11 Å². The topological polar surface area (TPSA) is 18.5 Å². The third-order valence-electron chi connectivity index (χ3n) is 2.33. The van der Waals surface area contributed by atoms with E-state index >= 15 is 0 Å². The summed E-state index contributed by atoms with van der Waals surface area (Å²) in [5.74, 6) is 0.850. The number of thiophene rings is 1. The van der Waals surface area contributed by atoms with Crippen LogP contribution in [0.1, 0.15) is 10.4 Å². The van der Waals surface area contributed by atoms with E-state index in [4.69, 9.17) is 9.47 Å². The van der Waals surface area contributed by atoms with E-state index in [2.05, 4.69) is 27.4 Å². The van der Waals surface area contributed by atoms with Gasteiger partial charge in [-0.15, -0.1) is 11.3 Å². The zero-order valence-electron chi connectivity index (χ0n) is 9.48. The minimum absolute atomic E-state index is 0.579. The van der Waals surface area contributed by atoms with Crippen molar-refractivity contribution in [3.05, 3.63) is 50.6 Å². The molecule has 0 spiro atoms. The summed E-state index contributed by atoms with van der Waals surface area (Å²) in [5, 5.41) is 2.06. The maximum absolute atomic E-state index is 5.67. The van der Waals surface area contributed by atoms with Gasteiger partial charge in [-0.05, 0) is 35.2 Å². The van der Waals surface area contributed by atoms with Crippen molar-refractivity contribution in [3.8, 4) is 5.75 Å². The second-order valence-corrected chi connectivity index (χ2v) is 5.42. The van der Waals surface area contributed by atoms with E-state index in [1.54, 1.807) is 18.4 Å². The van der Waals surface area contributed by atoms with Gasteiger partial charge in [-0.3, -0.25) is 0 Å². The fourth-order valence-corrected chi connectivity index (χ4v) is 2.45. The monoisotopic (exact) mass is 312 g/mol. The average Bonchev–Trinajstić information content (AvgIpc) is 2.84. The molecule has 0 amide bonds. The number of hydrogen-bond acceptors (Lipinski definition) is 3. The number of rotatable bonds is 5. The van der Waals surface area contributed by atoms with Crippen molar-refractivity contribution in [2.75, 3.05) is 7.11 Å². The second kappa shape index (κ2) is 6.19. The zero-order chi connectivity index (χ0) is 12.1. The Morgan fingerprint density at radius 2 is 2.12 bits per heavy atom. The standard InChI is InChI=1S/C13H13BrO2S/c1-15-11-4-5-13(14)10(7-11)8-16-9-12-3-2-6-17-12/h2-7H,8-9H2,1H3. The van der Waals surface area contributed by atoms with E-state index in [-0.39, 0.29) is 0 Å². The Labute approximate surface area is 113 Å². The summed E-state index contributed by atoms with van der Waals surface area (Å²) in [5.41, 5.74) is 1.10. The molecule has 0 radical (unpaired) electrons. The minimum atomic E-state index is 0.579. The van der Waals surface area contributed by atoms with Gasteiger partial charge in [0.2, 0.25) is 0 Å². The third kappa shape index (κ3) is 3.56. The maximum atomic E-state index is 5.67. The van der Waals surface area contributed by atoms with Gasteiger partial charge in [0.05, 0.1) is 20.3 Å². The number of ether oxygens (including phenoxy) is 2. The lowest BCUT2D eigenvalue weighted by Crippen LogP contribution is -1.94. The Morgan fingerprint density at radius 1 is 1.24 bits per heavy atom. The summed E-state index contributed by atoms with van der Waals surface area (Å²) in [4.78, 5) is 1.24. The first-order valence-corrected chi connectivity index (χ1v) is 6.89. The Hall–Kier alpha value is -0.840. The minimum Gasteiger partial charge on any atom is -0.497 e. The molecule has 0 atom stereocenters. The van der Waals surface area contributed by atoms with Crippen LogP contribution in [0.3, 0.4) is 0 Å². The van der Waals surface area contributed by atoms with Gasteiger partial charge in [-0.1, -0.05) is 22.0 Å². The molecule has 17 heavy (non-hydrogen) atoms. The lowest BCUT2D eigenvalue weighted by molar-refractivity contribution is 0.108. The predicted octanol–water partition coefficient (Wildman–Crippen LogP) is 4.24. The van der Waals surface area contributed by atoms with Crippen LogP contribution in [0.25, 0.3) is 0 Å². The van der Waals surface area contributed by atoms with Crippen LogP contribution in [0.5, 0.6) is 5.75 Å². The van der Waals surface area contributed by atoms with E-state index in [1.807, 2.05) is 24.3 Å². The van der Waals surface area contributed by atoms with Crippen molar-refractivity contribution in [1.29, 1.82) is 0 Å². The molecular formula is C13H13BrO2S. The largest absolute Gasteiger partial charge is 0.497 e. The van der Waals surface area contributed by atoms with Gasteiger partial charge in [-0.2, -0.15) is 0 Å². The predicted molar refractivity (Wildman–Crippen MR) is 73.5 cm³/mol. The maximum Gasteiger partial charge on any atom is 0.119 e. The molecule has 0 fully saturated rings. The molecule has 2 rings (SSSR count). The third-order valence-corrected chi connectivity index (χ3v) is 3.96. The van der Waals surface area contributed by atoms with E-state index in [1.165, 1.54) is 4.88 Å². The van der Waals surface area contributed by atoms with Crippen LogP contribution in [0.4, 0.5) is 0 Å². The number of halogens is 1. The van der Waals surface area contributed by atoms with Crippen molar-refractivity contribution in [1.82, 2.24) is 0 Å². The molecule has 0 saturated heterocycles. The van der Waals surface area contributed by atoms with Crippen LogP contribution in [0.15, 0.2) is 40.2 Å². The Bertz CT molecular complexity index is 468. The Kier molecular flexibility index (Phi) is 4.59. The van der Waals surface area contributed by atoms with Crippen molar-refractivity contribution in [2.24, 2.45) is 0 Å². The molecule has 0 N–H and O–H groups in total. The highest BCUT2D eigenvalue weighted by Crippen LogP contribution is 2.23. The van der Waals surface area contributed by atoms with Crippen molar-refractivity contribution >= 4 is 27.3 Å². The van der Waals surface area contributed by atoms with Gasteiger partial charge in [0, 0.05) is 9.35 Å². The molecule has 0 bridgehead atoms. The molecule has 90 valence electrons. The van der Waals surface area contributed by atoms with Gasteiger partial charge in [0.25, 0.3) is 0 Å². The van der Waals surface area contributed by atoms with Crippen molar-refractivity contribution in [2.45, 2.75) is 13.2 Å². The molecule has 0 unspecified atom stereocenters. The molecule has 4 heteroatoms. The summed E-state index contributed by atoms with van der Waals surface area (Å²) in [6, 6.07) is 9.99. The molecule has 0 aliphatic carbocycles. The highest BCUT2D eigenvalue weighted by atomic mass is 79.9. The molecule has 1 heterocycles. The quantitative estimate of drug-likeness (QED) is 0.822. The molecule has 2 nitrogen and oxygen atoms in total. The molecule has 1 aromatic heterocycles. The average molecular weight is 313 g/mol. The lowest BCUT2D eigenvalue weighted by Gasteiger charge is -2.07. The van der Waals surface area contributed by atoms with Crippen LogP contribution < -0.4 is 4.74 Å². The zero-order valence-corrected chi connectivity index (χ0v) is 11.9. The van der Waals surface area contributed by atoms with Crippen LogP contribution in [0.2, 0.25) is 0 Å². The first-order chi connectivity index (χ1) is 8.29. The van der Waals surface area contributed by atoms with Crippen molar-refractivity contribution < 1.29 is 9.47 Å². The summed E-state index contributed by atoms with van der Waals surface area (Å²) >= 11 is 5.21. The molecule has 2 aromatic rings. The Morgan fingerprint density at radius 3 is 2.82 bits per heavy atom. The number of hydrogen-bond donors (Lipinski definition) is 0. The van der Waals surface area contributed by atoms with Gasteiger partial charge in [0.15, 0.2) is 0 Å². The van der Waals surface area contributed by atoms with Crippen LogP contribution >= 0.6 is 27.3 Å². The van der Waals surface area contributed by atoms with Gasteiger partial charge in [0.1, 0.15) is 5.75 Å². The fraction of sp³-hybridized carbons (Fsp3) is 0.231. The number of benzene rings is 1. The normalized spacial score (nSPS) is 10.5. The molecular weight excluding hydrogens is 300 g/mol. The summed E-state index contributed by atoms with van der Waals surface area (Å²) in [6.07, 6.45) is 0. The molecule has 0 saturated carbocycles. The Balaban J connectivity index is 1.94. The smallest absolute Gasteiger partial charge is 0.119 e. The highest BCUT2D eigenvalue weighted by molar-refractivity contribution is 9.10. The van der Waals surface area contributed by atoms with Crippen molar-refractivity contribution in [3.63, 3.8) is 0 Å².